The molecule has 0 aliphatic heterocycles. The Hall–Kier alpha value is -1.35. The highest BCUT2D eigenvalue weighted by Gasteiger charge is 2.28. The summed E-state index contributed by atoms with van der Waals surface area (Å²) in [5.41, 5.74) is 6.73. The lowest BCUT2D eigenvalue weighted by Crippen LogP contribution is -2.04. The predicted octanol–water partition coefficient (Wildman–Crippen LogP) is 18.1. The molecule has 0 saturated carbocycles. The van der Waals surface area contributed by atoms with Gasteiger partial charge in [-0.1, -0.05) is 131 Å². The van der Waals surface area contributed by atoms with Crippen molar-refractivity contribution in [3.05, 3.63) is 63.5 Å². The molecule has 5 aromatic heterocycles. The number of thiophene rings is 5. The van der Waals surface area contributed by atoms with Gasteiger partial charge in [-0.05, 0) is 128 Å². The van der Waals surface area contributed by atoms with Crippen molar-refractivity contribution in [3.63, 3.8) is 0 Å². The van der Waals surface area contributed by atoms with Crippen molar-refractivity contribution < 1.29 is 14.4 Å². The van der Waals surface area contributed by atoms with Crippen LogP contribution in [0, 0.1) is 0 Å². The Bertz CT molecular complexity index is 2000. The van der Waals surface area contributed by atoms with Crippen molar-refractivity contribution in [2.24, 2.45) is 0 Å². The molecule has 9 heteroatoms. The molecule has 0 fully saturated rings. The molecule has 0 radical (unpaired) electrons. The Balaban J connectivity index is 1.58. The van der Waals surface area contributed by atoms with Gasteiger partial charge >= 0.3 is 7.60 Å². The minimum atomic E-state index is -4.38. The van der Waals surface area contributed by atoms with Gasteiger partial charge in [0, 0.05) is 39.0 Å². The first kappa shape index (κ1) is 48.7. The van der Waals surface area contributed by atoms with E-state index in [2.05, 4.69) is 70.3 Å². The molecule has 5 rings (SSSR count). The molecule has 5 heterocycles. The van der Waals surface area contributed by atoms with E-state index in [1.54, 1.807) is 0 Å². The van der Waals surface area contributed by atoms with Crippen molar-refractivity contribution >= 4 is 68.9 Å². The smallest absolute Gasteiger partial charge is 0.320 e. The van der Waals surface area contributed by atoms with E-state index in [4.69, 9.17) is 0 Å². The Labute approximate surface area is 378 Å². The maximum atomic E-state index is 12.9. The summed E-state index contributed by atoms with van der Waals surface area (Å²) in [5, 5.41) is 2.31. The normalized spacial score (nSPS) is 12.1. The lowest BCUT2D eigenvalue weighted by molar-refractivity contribution is 0.388. The largest absolute Gasteiger partial charge is 0.366 e. The molecule has 5 aromatic rings. The number of aryl methyl sites for hydroxylation is 5. The van der Waals surface area contributed by atoms with Crippen LogP contribution in [-0.2, 0) is 36.7 Å². The first-order valence-corrected chi connectivity index (χ1v) is 29.1. The molecular weight excluding hydrogens is 840 g/mol. The molecule has 326 valence electrons. The van der Waals surface area contributed by atoms with Crippen LogP contribution in [0.15, 0.2) is 35.7 Å². The van der Waals surface area contributed by atoms with Crippen LogP contribution in [0.3, 0.4) is 0 Å². The third-order valence-electron chi connectivity index (χ3n) is 11.6. The third-order valence-corrected chi connectivity index (χ3v) is 19.6. The molecule has 0 saturated heterocycles. The van der Waals surface area contributed by atoms with E-state index in [9.17, 15) is 14.4 Å². The first-order chi connectivity index (χ1) is 28.7. The van der Waals surface area contributed by atoms with Crippen LogP contribution in [0.1, 0.15) is 191 Å². The molecule has 59 heavy (non-hydrogen) atoms. The van der Waals surface area contributed by atoms with E-state index >= 15 is 0 Å². The van der Waals surface area contributed by atoms with Crippen LogP contribution in [0.4, 0.5) is 0 Å². The lowest BCUT2D eigenvalue weighted by atomic mass is 10.0. The zero-order valence-corrected chi connectivity index (χ0v) is 41.9. The van der Waals surface area contributed by atoms with E-state index in [1.165, 1.54) is 170 Å². The summed E-state index contributed by atoms with van der Waals surface area (Å²) in [7, 11) is -4.38. The van der Waals surface area contributed by atoms with E-state index < -0.39 is 7.60 Å². The van der Waals surface area contributed by atoms with Gasteiger partial charge in [0.15, 0.2) is 0 Å². The number of rotatable bonds is 30. The maximum Gasteiger partial charge on any atom is 0.366 e. The van der Waals surface area contributed by atoms with Crippen molar-refractivity contribution in [3.8, 4) is 39.0 Å². The summed E-state index contributed by atoms with van der Waals surface area (Å²) in [5.74, 6) is 0. The van der Waals surface area contributed by atoms with Crippen LogP contribution in [0.25, 0.3) is 39.0 Å². The minimum Gasteiger partial charge on any atom is -0.320 e. The van der Waals surface area contributed by atoms with Gasteiger partial charge in [0.05, 0.1) is 0 Å². The van der Waals surface area contributed by atoms with E-state index in [0.29, 0.717) is 0 Å². The average Bonchev–Trinajstić information content (AvgIpc) is 4.07. The van der Waals surface area contributed by atoms with E-state index in [1.807, 2.05) is 45.3 Å². The Morgan fingerprint density at radius 1 is 0.407 bits per heavy atom. The van der Waals surface area contributed by atoms with Crippen LogP contribution >= 0.6 is 64.3 Å². The second-order valence-electron chi connectivity index (χ2n) is 16.7. The van der Waals surface area contributed by atoms with Gasteiger partial charge < -0.3 is 9.79 Å². The van der Waals surface area contributed by atoms with Crippen LogP contribution in [-0.4, -0.2) is 9.79 Å². The number of hydrogen-bond acceptors (Lipinski definition) is 6. The van der Waals surface area contributed by atoms with Gasteiger partial charge in [0.2, 0.25) is 0 Å². The third kappa shape index (κ3) is 14.3. The van der Waals surface area contributed by atoms with Gasteiger partial charge in [-0.25, -0.2) is 0 Å². The van der Waals surface area contributed by atoms with Crippen LogP contribution in [0.2, 0.25) is 0 Å². The van der Waals surface area contributed by atoms with Crippen LogP contribution in [0.5, 0.6) is 0 Å². The summed E-state index contributed by atoms with van der Waals surface area (Å²) < 4.78 is 13.2. The fraction of sp³-hybridized carbons (Fsp3) is 0.600. The van der Waals surface area contributed by atoms with Crippen molar-refractivity contribution in [1.82, 2.24) is 0 Å². The molecule has 0 atom stereocenters. The Kier molecular flexibility index (Phi) is 21.2. The lowest BCUT2D eigenvalue weighted by Gasteiger charge is -2.04. The number of hydrogen-bond donors (Lipinski definition) is 2. The molecule has 3 nitrogen and oxygen atoms in total. The van der Waals surface area contributed by atoms with Crippen molar-refractivity contribution in [1.29, 1.82) is 0 Å². The molecule has 0 aliphatic rings. The summed E-state index contributed by atoms with van der Waals surface area (Å²) in [4.78, 5) is 31.9. The van der Waals surface area contributed by atoms with E-state index in [0.717, 1.165) is 68.2 Å². The molecule has 0 unspecified atom stereocenters. The van der Waals surface area contributed by atoms with Gasteiger partial charge in [-0.15, -0.1) is 56.7 Å². The highest BCUT2D eigenvalue weighted by molar-refractivity contribution is 7.67. The summed E-state index contributed by atoms with van der Waals surface area (Å²) in [6.07, 6.45) is 29.5. The van der Waals surface area contributed by atoms with E-state index in [-0.39, 0.29) is 4.62 Å². The zero-order chi connectivity index (χ0) is 42.0. The molecule has 0 spiro atoms. The Morgan fingerprint density at radius 3 is 1.10 bits per heavy atom. The maximum absolute atomic E-state index is 12.9. The highest BCUT2D eigenvalue weighted by atomic mass is 32.1. The summed E-state index contributed by atoms with van der Waals surface area (Å²) in [6.45, 7) is 11.4. The fourth-order valence-electron chi connectivity index (χ4n) is 8.22. The van der Waals surface area contributed by atoms with Crippen LogP contribution < -0.4 is 4.62 Å². The highest BCUT2D eigenvalue weighted by Crippen LogP contribution is 2.51. The average molecular weight is 913 g/mol. The quantitative estimate of drug-likeness (QED) is 0.0356. The molecule has 0 aromatic carbocycles. The topological polar surface area (TPSA) is 57.5 Å². The van der Waals surface area contributed by atoms with Gasteiger partial charge in [-0.3, -0.25) is 4.57 Å². The standard InChI is InChI=1S/C50H73O3PS5/c1-6-11-16-21-26-37-31-32-55-46(37)42-33-38(27-22-17-12-7-2)47(56-42)43-34-39(28-23-18-13-8-3)48(57-43)44-35-40(29-24-19-14-9-4)49(58-44)45-36-41(30-25-20-15-10-5)50(59-45)54(51,52)53/h31-36H,6-30H2,1-5H3,(H2,51,52,53). The van der Waals surface area contributed by atoms with Gasteiger partial charge in [-0.2, -0.15) is 0 Å². The van der Waals surface area contributed by atoms with Crippen molar-refractivity contribution in [2.45, 2.75) is 195 Å². The van der Waals surface area contributed by atoms with Gasteiger partial charge in [0.25, 0.3) is 0 Å². The minimum absolute atomic E-state index is 0.278. The predicted molar refractivity (Wildman–Crippen MR) is 268 cm³/mol. The number of unbranched alkanes of at least 4 members (excludes halogenated alkanes) is 15. The van der Waals surface area contributed by atoms with Gasteiger partial charge in [0.1, 0.15) is 4.62 Å². The molecule has 0 amide bonds. The monoisotopic (exact) mass is 912 g/mol. The zero-order valence-electron chi connectivity index (χ0n) is 36.9. The SMILES string of the molecule is CCCCCCc1ccsc1-c1cc(CCCCCC)c(-c2cc(CCCCCC)c(-c3cc(CCCCCC)c(-c4cc(CCCCCC)c(P(=O)(O)O)s4)s3)s2)s1. The second-order valence-corrected chi connectivity index (χ2v) is 23.7. The molecule has 0 bridgehead atoms. The molecule has 2 N–H and O–H groups in total. The summed E-state index contributed by atoms with van der Waals surface area (Å²) in [6, 6.07) is 12.1. The molecular formula is C50H73O3PS5. The molecule has 0 aliphatic carbocycles. The van der Waals surface area contributed by atoms with Crippen molar-refractivity contribution in [2.75, 3.05) is 0 Å². The first-order valence-electron chi connectivity index (χ1n) is 23.4. The Morgan fingerprint density at radius 2 is 0.729 bits per heavy atom. The second kappa shape index (κ2) is 25.7. The summed E-state index contributed by atoms with van der Waals surface area (Å²) >= 11 is 9.18. The fourth-order valence-corrected chi connectivity index (χ4v) is 15.6.